The summed E-state index contributed by atoms with van der Waals surface area (Å²) in [5, 5.41) is 15.1. The van der Waals surface area contributed by atoms with Gasteiger partial charge in [-0.25, -0.2) is 4.39 Å². The second kappa shape index (κ2) is 7.70. The fourth-order valence-electron chi connectivity index (χ4n) is 3.14. The second-order valence-corrected chi connectivity index (χ2v) is 6.19. The van der Waals surface area contributed by atoms with Crippen molar-refractivity contribution in [2.75, 3.05) is 7.11 Å². The lowest BCUT2D eigenvalue weighted by atomic mass is 10.1. The van der Waals surface area contributed by atoms with E-state index in [4.69, 9.17) is 4.74 Å². The Morgan fingerprint density at radius 3 is 2.73 bits per heavy atom. The molecule has 138 valence electrons. The van der Waals surface area contributed by atoms with Crippen LogP contribution in [0.25, 0.3) is 11.3 Å². The van der Waals surface area contributed by atoms with Crippen molar-refractivity contribution in [3.8, 4) is 17.0 Å². The van der Waals surface area contributed by atoms with Gasteiger partial charge in [-0.05, 0) is 39.0 Å². The SMILES string of the molecule is CCn1nc(C)c(CNCc2cn[nH]c2-c2ccc(OC)c(F)c2)c1C. The molecule has 6 nitrogen and oxygen atoms in total. The van der Waals surface area contributed by atoms with Gasteiger partial charge in [0.1, 0.15) is 0 Å². The van der Waals surface area contributed by atoms with Crippen LogP contribution in [0.1, 0.15) is 29.4 Å². The van der Waals surface area contributed by atoms with Gasteiger partial charge in [0.2, 0.25) is 0 Å². The van der Waals surface area contributed by atoms with E-state index in [1.807, 2.05) is 17.7 Å². The van der Waals surface area contributed by atoms with Crippen LogP contribution in [0.3, 0.4) is 0 Å². The van der Waals surface area contributed by atoms with Crippen LogP contribution in [-0.4, -0.2) is 27.1 Å². The topological polar surface area (TPSA) is 67.8 Å². The van der Waals surface area contributed by atoms with Gasteiger partial charge >= 0.3 is 0 Å². The smallest absolute Gasteiger partial charge is 0.165 e. The number of benzene rings is 1. The molecular weight excluding hydrogens is 333 g/mol. The summed E-state index contributed by atoms with van der Waals surface area (Å²) in [4.78, 5) is 0. The molecule has 1 aromatic carbocycles. The molecule has 7 heteroatoms. The van der Waals surface area contributed by atoms with Gasteiger partial charge in [-0.1, -0.05) is 0 Å². The number of hydrogen-bond acceptors (Lipinski definition) is 4. The Kier molecular flexibility index (Phi) is 5.37. The number of nitrogens with zero attached hydrogens (tertiary/aromatic N) is 3. The summed E-state index contributed by atoms with van der Waals surface area (Å²) in [5.41, 5.74) is 5.96. The first-order valence-electron chi connectivity index (χ1n) is 8.64. The van der Waals surface area contributed by atoms with Gasteiger partial charge in [-0.15, -0.1) is 0 Å². The predicted molar refractivity (Wildman–Crippen MR) is 98.5 cm³/mol. The van der Waals surface area contributed by atoms with E-state index in [0.717, 1.165) is 35.6 Å². The monoisotopic (exact) mass is 357 g/mol. The lowest BCUT2D eigenvalue weighted by Gasteiger charge is -2.08. The first-order chi connectivity index (χ1) is 12.5. The van der Waals surface area contributed by atoms with Crippen LogP contribution in [0.4, 0.5) is 4.39 Å². The maximum Gasteiger partial charge on any atom is 0.165 e. The Labute approximate surface area is 152 Å². The van der Waals surface area contributed by atoms with E-state index >= 15 is 0 Å². The summed E-state index contributed by atoms with van der Waals surface area (Å²) >= 11 is 0. The van der Waals surface area contributed by atoms with Crippen molar-refractivity contribution in [2.45, 2.75) is 40.4 Å². The van der Waals surface area contributed by atoms with Crippen LogP contribution >= 0.6 is 0 Å². The van der Waals surface area contributed by atoms with Gasteiger partial charge < -0.3 is 10.1 Å². The molecule has 3 aromatic rings. The zero-order valence-electron chi connectivity index (χ0n) is 15.6. The molecule has 0 aliphatic heterocycles. The number of hydrogen-bond donors (Lipinski definition) is 2. The van der Waals surface area contributed by atoms with E-state index in [2.05, 4.69) is 34.5 Å². The molecule has 0 bridgehead atoms. The van der Waals surface area contributed by atoms with Crippen molar-refractivity contribution in [1.29, 1.82) is 0 Å². The van der Waals surface area contributed by atoms with Gasteiger partial charge in [0.25, 0.3) is 0 Å². The Hall–Kier alpha value is -2.67. The number of aryl methyl sites for hydroxylation is 2. The molecule has 0 radical (unpaired) electrons. The lowest BCUT2D eigenvalue weighted by Crippen LogP contribution is -2.14. The molecule has 0 fully saturated rings. The van der Waals surface area contributed by atoms with Crippen LogP contribution in [0, 0.1) is 19.7 Å². The number of rotatable bonds is 7. The molecule has 0 aliphatic rings. The van der Waals surface area contributed by atoms with E-state index in [9.17, 15) is 4.39 Å². The van der Waals surface area contributed by atoms with Gasteiger partial charge in [-0.2, -0.15) is 10.2 Å². The van der Waals surface area contributed by atoms with Crippen LogP contribution in [0.5, 0.6) is 5.75 Å². The molecule has 26 heavy (non-hydrogen) atoms. The largest absolute Gasteiger partial charge is 0.494 e. The molecular formula is C19H24FN5O. The summed E-state index contributed by atoms with van der Waals surface area (Å²) in [6, 6.07) is 4.89. The first-order valence-corrected chi connectivity index (χ1v) is 8.64. The summed E-state index contributed by atoms with van der Waals surface area (Å²) < 4.78 is 21.0. The molecule has 2 N–H and O–H groups in total. The molecule has 0 atom stereocenters. The molecule has 0 unspecified atom stereocenters. The van der Waals surface area contributed by atoms with Crippen LogP contribution < -0.4 is 10.1 Å². The van der Waals surface area contributed by atoms with E-state index in [1.165, 1.54) is 24.4 Å². The fourth-order valence-corrected chi connectivity index (χ4v) is 3.14. The minimum atomic E-state index is -0.392. The Bertz CT molecular complexity index is 899. The van der Waals surface area contributed by atoms with Crippen molar-refractivity contribution < 1.29 is 9.13 Å². The zero-order valence-corrected chi connectivity index (χ0v) is 15.6. The first kappa shape index (κ1) is 18.1. The Balaban J connectivity index is 1.72. The van der Waals surface area contributed by atoms with Gasteiger partial charge in [-0.3, -0.25) is 9.78 Å². The molecule has 3 rings (SSSR count). The number of methoxy groups -OCH3 is 1. The van der Waals surface area contributed by atoms with E-state index in [1.54, 1.807) is 12.3 Å². The van der Waals surface area contributed by atoms with Crippen molar-refractivity contribution in [3.63, 3.8) is 0 Å². The van der Waals surface area contributed by atoms with E-state index in [0.29, 0.717) is 6.54 Å². The van der Waals surface area contributed by atoms with Crippen molar-refractivity contribution >= 4 is 0 Å². The molecule has 0 saturated heterocycles. The fraction of sp³-hybridized carbons (Fsp3) is 0.368. The zero-order chi connectivity index (χ0) is 18.7. The average molecular weight is 357 g/mol. The van der Waals surface area contributed by atoms with Crippen LogP contribution in [0.2, 0.25) is 0 Å². The predicted octanol–water partition coefficient (Wildman–Crippen LogP) is 3.35. The summed E-state index contributed by atoms with van der Waals surface area (Å²) in [7, 11) is 1.45. The molecule has 0 saturated carbocycles. The minimum Gasteiger partial charge on any atom is -0.494 e. The van der Waals surface area contributed by atoms with E-state index in [-0.39, 0.29) is 5.75 Å². The quantitative estimate of drug-likeness (QED) is 0.680. The number of ether oxygens (including phenoxy) is 1. The number of nitrogens with one attached hydrogen (secondary N) is 2. The second-order valence-electron chi connectivity index (χ2n) is 6.19. The molecule has 0 aliphatic carbocycles. The van der Waals surface area contributed by atoms with Gasteiger partial charge in [0.05, 0.1) is 24.7 Å². The number of H-pyrrole nitrogens is 1. The standard InChI is InChI=1S/C19H24FN5O/c1-5-25-13(3)16(12(2)24-25)11-21-9-15-10-22-23-19(15)14-6-7-18(26-4)17(20)8-14/h6-8,10,21H,5,9,11H2,1-4H3,(H,22,23). The maximum absolute atomic E-state index is 14.0. The third-order valence-corrected chi connectivity index (χ3v) is 4.61. The highest BCUT2D eigenvalue weighted by atomic mass is 19.1. The summed E-state index contributed by atoms with van der Waals surface area (Å²) in [5.74, 6) is -0.163. The molecule has 0 spiro atoms. The minimum absolute atomic E-state index is 0.229. The summed E-state index contributed by atoms with van der Waals surface area (Å²) in [6.07, 6.45) is 1.76. The van der Waals surface area contributed by atoms with Gasteiger partial charge in [0.15, 0.2) is 11.6 Å². The number of aromatic amines is 1. The van der Waals surface area contributed by atoms with Crippen molar-refractivity contribution in [1.82, 2.24) is 25.3 Å². The van der Waals surface area contributed by atoms with Crippen molar-refractivity contribution in [3.05, 3.63) is 52.7 Å². The van der Waals surface area contributed by atoms with Crippen LogP contribution in [-0.2, 0) is 19.6 Å². The third kappa shape index (κ3) is 3.48. The highest BCUT2D eigenvalue weighted by Crippen LogP contribution is 2.26. The Morgan fingerprint density at radius 2 is 2.08 bits per heavy atom. The normalized spacial score (nSPS) is 11.1. The van der Waals surface area contributed by atoms with Crippen molar-refractivity contribution in [2.24, 2.45) is 0 Å². The number of halogens is 1. The van der Waals surface area contributed by atoms with Crippen LogP contribution in [0.15, 0.2) is 24.4 Å². The lowest BCUT2D eigenvalue weighted by molar-refractivity contribution is 0.386. The molecule has 2 heterocycles. The Morgan fingerprint density at radius 1 is 1.27 bits per heavy atom. The number of aromatic nitrogens is 4. The van der Waals surface area contributed by atoms with E-state index < -0.39 is 5.82 Å². The summed E-state index contributed by atoms with van der Waals surface area (Å²) in [6.45, 7) is 8.41. The highest BCUT2D eigenvalue weighted by Gasteiger charge is 2.13. The maximum atomic E-state index is 14.0. The third-order valence-electron chi connectivity index (χ3n) is 4.61. The highest BCUT2D eigenvalue weighted by molar-refractivity contribution is 5.63. The van der Waals surface area contributed by atoms with Gasteiger partial charge in [0, 0.05) is 42.0 Å². The average Bonchev–Trinajstić information content (AvgIpc) is 3.20. The molecule has 0 amide bonds. The molecule has 2 aromatic heterocycles.